The van der Waals surface area contributed by atoms with E-state index in [2.05, 4.69) is 20.4 Å². The normalized spacial score (nSPS) is 19.9. The van der Waals surface area contributed by atoms with Gasteiger partial charge in [-0.2, -0.15) is 18.2 Å². The van der Waals surface area contributed by atoms with Crippen LogP contribution in [0, 0.1) is 13.8 Å². The van der Waals surface area contributed by atoms with E-state index in [1.165, 1.54) is 31.5 Å². The van der Waals surface area contributed by atoms with Gasteiger partial charge in [-0.25, -0.2) is 0 Å². The number of aliphatic carboxylic acids is 1. The number of pyridine rings is 2. The number of piperidine rings is 1. The number of alkyl halides is 3. The number of ether oxygens (including phenoxy) is 1. The zero-order chi connectivity index (χ0) is 35.2. The van der Waals surface area contributed by atoms with Crippen LogP contribution < -0.4 is 10.1 Å². The molecule has 1 saturated carbocycles. The third kappa shape index (κ3) is 7.13. The number of nitrogens with zero attached hydrogens (tertiary/aromatic N) is 6. The summed E-state index contributed by atoms with van der Waals surface area (Å²) in [5, 5.41) is 20.4. The molecule has 0 radical (unpaired) electrons. The van der Waals surface area contributed by atoms with Crippen molar-refractivity contribution in [2.24, 2.45) is 0 Å². The molecule has 3 aliphatic rings. The molecule has 0 amide bonds. The first-order valence-corrected chi connectivity index (χ1v) is 18.1. The molecule has 1 aliphatic carbocycles. The van der Waals surface area contributed by atoms with E-state index in [-0.39, 0.29) is 12.1 Å². The summed E-state index contributed by atoms with van der Waals surface area (Å²) in [6.07, 6.45) is 1.64. The quantitative estimate of drug-likeness (QED) is 0.197. The summed E-state index contributed by atoms with van der Waals surface area (Å²) < 4.78 is 63.9. The summed E-state index contributed by atoms with van der Waals surface area (Å²) in [6, 6.07) is 10.8. The minimum Gasteiger partial charge on any atom is -0.593 e. The number of benzene rings is 1. The lowest BCUT2D eigenvalue weighted by atomic mass is 9.85. The second-order valence-corrected chi connectivity index (χ2v) is 15.1. The van der Waals surface area contributed by atoms with Crippen LogP contribution in [0.5, 0.6) is 5.88 Å². The first-order valence-electron chi connectivity index (χ1n) is 17.0. The summed E-state index contributed by atoms with van der Waals surface area (Å²) >= 11 is -1.58. The Labute approximate surface area is 291 Å². The van der Waals surface area contributed by atoms with Crippen molar-refractivity contribution in [1.82, 2.24) is 28.8 Å². The first kappa shape index (κ1) is 34.5. The Morgan fingerprint density at radius 1 is 1.12 bits per heavy atom. The number of carboxylic acids is 1. The Bertz CT molecular complexity index is 1890. The zero-order valence-corrected chi connectivity index (χ0v) is 28.8. The van der Waals surface area contributed by atoms with Gasteiger partial charge in [0.2, 0.25) is 10.7 Å². The molecule has 3 aromatic heterocycles. The van der Waals surface area contributed by atoms with E-state index in [1.807, 2.05) is 41.6 Å². The van der Waals surface area contributed by atoms with E-state index in [0.717, 1.165) is 54.5 Å². The number of carboxylic acid groups (broad SMARTS) is 1. The van der Waals surface area contributed by atoms with E-state index in [0.29, 0.717) is 46.4 Å². The Balaban J connectivity index is 1.14. The lowest BCUT2D eigenvalue weighted by Crippen LogP contribution is -2.38. The largest absolute Gasteiger partial charge is 0.593 e. The van der Waals surface area contributed by atoms with Gasteiger partial charge in [0.25, 0.3) is 5.88 Å². The molecule has 1 spiro atoms. The summed E-state index contributed by atoms with van der Waals surface area (Å²) in [5.74, 6) is -1.81. The zero-order valence-electron chi connectivity index (χ0n) is 28.0. The predicted molar refractivity (Wildman–Crippen MR) is 180 cm³/mol. The highest BCUT2D eigenvalue weighted by Crippen LogP contribution is 2.46. The highest BCUT2D eigenvalue weighted by molar-refractivity contribution is 7.89. The average molecular weight is 712 g/mol. The Hall–Kier alpha value is -3.92. The van der Waals surface area contributed by atoms with Crippen molar-refractivity contribution in [1.29, 1.82) is 0 Å². The molecule has 2 atom stereocenters. The number of nitrogens with one attached hydrogen (secondary N) is 1. The van der Waals surface area contributed by atoms with Crippen molar-refractivity contribution in [2.45, 2.75) is 81.5 Å². The predicted octanol–water partition coefficient (Wildman–Crippen LogP) is 5.71. The van der Waals surface area contributed by atoms with Crippen LogP contribution in [0.4, 0.5) is 19.0 Å². The summed E-state index contributed by atoms with van der Waals surface area (Å²) in [6.45, 7) is 8.23. The van der Waals surface area contributed by atoms with Crippen molar-refractivity contribution in [3.05, 3.63) is 76.2 Å². The van der Waals surface area contributed by atoms with Crippen molar-refractivity contribution >= 4 is 28.8 Å². The van der Waals surface area contributed by atoms with Crippen molar-refractivity contribution in [3.63, 3.8) is 0 Å². The van der Waals surface area contributed by atoms with Gasteiger partial charge in [0.15, 0.2) is 5.65 Å². The molecule has 5 heterocycles. The molecule has 7 rings (SSSR count). The summed E-state index contributed by atoms with van der Waals surface area (Å²) in [4.78, 5) is 19.8. The standard InChI is InChI=1S/C35H40F3N7O4S/c1-22-6-7-24(27(19-30(46)47)26-10-16-45-31(23(26)2)41-42-33(45)35(36,37)38)18-25(22)20-44-21-34(11-12-34)49-32-28(50(44)48)8-9-29(40-32)39-13-17-43-14-4-3-5-15-43/h6-10,16,18,27H,3-5,11-15,17,19-21H2,1-2H3,(H,39,40)(H,46,47). The van der Waals surface area contributed by atoms with E-state index in [4.69, 9.17) is 9.72 Å². The van der Waals surface area contributed by atoms with E-state index in [9.17, 15) is 27.6 Å². The number of aromatic nitrogens is 4. The molecule has 2 unspecified atom stereocenters. The molecule has 1 saturated heterocycles. The molecule has 2 aliphatic heterocycles. The van der Waals surface area contributed by atoms with Crippen LogP contribution >= 0.6 is 0 Å². The molecular weight excluding hydrogens is 671 g/mol. The van der Waals surface area contributed by atoms with Crippen LogP contribution in [0.25, 0.3) is 5.65 Å². The molecule has 11 nitrogen and oxygen atoms in total. The maximum absolute atomic E-state index is 14.1. The Morgan fingerprint density at radius 3 is 2.62 bits per heavy atom. The molecule has 4 aromatic rings. The van der Waals surface area contributed by atoms with Crippen LogP contribution in [-0.2, 0) is 28.9 Å². The molecule has 2 N–H and O–H groups in total. The maximum atomic E-state index is 14.1. The lowest BCUT2D eigenvalue weighted by molar-refractivity contribution is -0.145. The van der Waals surface area contributed by atoms with Crippen LogP contribution in [0.2, 0.25) is 0 Å². The van der Waals surface area contributed by atoms with Crippen LogP contribution in [0.1, 0.15) is 78.1 Å². The van der Waals surface area contributed by atoms with Crippen LogP contribution in [-0.4, -0.2) is 82.7 Å². The van der Waals surface area contributed by atoms with E-state index < -0.39 is 40.9 Å². The van der Waals surface area contributed by atoms with Gasteiger partial charge in [-0.3, -0.25) is 9.20 Å². The minimum absolute atomic E-state index is 0.0138. The van der Waals surface area contributed by atoms with Gasteiger partial charge in [-0.15, -0.1) is 14.5 Å². The number of hydrogen-bond acceptors (Lipinski definition) is 9. The highest BCUT2D eigenvalue weighted by atomic mass is 32.2. The highest BCUT2D eigenvalue weighted by Gasteiger charge is 2.53. The number of fused-ring (bicyclic) bond motifs is 2. The van der Waals surface area contributed by atoms with Gasteiger partial charge in [0, 0.05) is 31.3 Å². The van der Waals surface area contributed by atoms with Crippen molar-refractivity contribution in [3.8, 4) is 5.88 Å². The molecule has 50 heavy (non-hydrogen) atoms. The minimum atomic E-state index is -4.69. The number of halogens is 3. The monoisotopic (exact) mass is 711 g/mol. The van der Waals surface area contributed by atoms with Gasteiger partial charge < -0.3 is 24.6 Å². The van der Waals surface area contributed by atoms with Crippen molar-refractivity contribution in [2.75, 3.05) is 38.0 Å². The van der Waals surface area contributed by atoms with Gasteiger partial charge in [0.1, 0.15) is 11.4 Å². The topological polar surface area (TPSA) is 131 Å². The van der Waals surface area contributed by atoms with Gasteiger partial charge >= 0.3 is 12.1 Å². The van der Waals surface area contributed by atoms with E-state index >= 15 is 0 Å². The molecular formula is C35H40F3N7O4S. The maximum Gasteiger partial charge on any atom is 0.452 e. The van der Waals surface area contributed by atoms with Crippen molar-refractivity contribution < 1.29 is 32.4 Å². The lowest BCUT2D eigenvalue weighted by Gasteiger charge is -2.26. The fourth-order valence-electron chi connectivity index (χ4n) is 7.05. The Morgan fingerprint density at radius 2 is 1.90 bits per heavy atom. The van der Waals surface area contributed by atoms with Gasteiger partial charge in [-0.05, 0) is 92.6 Å². The third-order valence-corrected chi connectivity index (χ3v) is 11.4. The summed E-state index contributed by atoms with van der Waals surface area (Å²) in [7, 11) is 0. The third-order valence-electron chi connectivity index (χ3n) is 10.0. The Kier molecular flexibility index (Phi) is 9.43. The number of likely N-dealkylation sites (tertiary alicyclic amines) is 1. The number of anilines is 1. The van der Waals surface area contributed by atoms with Gasteiger partial charge in [0.05, 0.1) is 30.9 Å². The van der Waals surface area contributed by atoms with Crippen LogP contribution in [0.3, 0.4) is 0 Å². The molecule has 15 heteroatoms. The average Bonchev–Trinajstić information content (AvgIpc) is 3.69. The number of hydrogen-bond donors (Lipinski definition) is 2. The molecule has 0 bridgehead atoms. The van der Waals surface area contributed by atoms with Crippen LogP contribution in [0.15, 0.2) is 47.5 Å². The van der Waals surface area contributed by atoms with E-state index in [1.54, 1.807) is 6.92 Å². The fraction of sp³-hybridized carbons (Fsp3) is 0.486. The van der Waals surface area contributed by atoms with Gasteiger partial charge in [-0.1, -0.05) is 24.6 Å². The molecule has 1 aromatic carbocycles. The SMILES string of the molecule is Cc1ccc(C(CC(=O)O)c2ccn3c(C(F)(F)F)nnc3c2C)cc1CN1CC2(CC2)Oc2nc(NCCN3CCCCC3)ccc2[S+]1[O-]. The second kappa shape index (κ2) is 13.7. The molecule has 2 fully saturated rings. The fourth-order valence-corrected chi connectivity index (χ4v) is 8.35. The first-order chi connectivity index (χ1) is 23.9. The smallest absolute Gasteiger partial charge is 0.452 e. The number of rotatable bonds is 10. The number of aryl methyl sites for hydroxylation is 2. The molecule has 266 valence electrons. The summed E-state index contributed by atoms with van der Waals surface area (Å²) in [5.41, 5.74) is 2.94. The second-order valence-electron chi connectivity index (χ2n) is 13.6. The number of carbonyl (C=O) groups is 1.